The van der Waals surface area contributed by atoms with Gasteiger partial charge in [0.15, 0.2) is 0 Å². The Hall–Kier alpha value is -1.47. The molecule has 76 valence electrons. The number of hydrogen-bond donors (Lipinski definition) is 0. The van der Waals surface area contributed by atoms with Gasteiger partial charge in [0.25, 0.3) is 0 Å². The average Bonchev–Trinajstić information content (AvgIpc) is 2.31. The zero-order valence-electron chi connectivity index (χ0n) is 8.80. The van der Waals surface area contributed by atoms with Crippen molar-refractivity contribution in [2.24, 2.45) is 0 Å². The van der Waals surface area contributed by atoms with Crippen LogP contribution in [0.25, 0.3) is 0 Å². The molecule has 0 unspecified atom stereocenters. The molecule has 2 rings (SSSR count). The maximum absolute atomic E-state index is 11.6. The zero-order valence-corrected chi connectivity index (χ0v) is 11.8. The van der Waals surface area contributed by atoms with Crippen molar-refractivity contribution in [2.75, 3.05) is 0 Å². The molecule has 0 atom stereocenters. The summed E-state index contributed by atoms with van der Waals surface area (Å²) in [6, 6.07) is 18.0. The van der Waals surface area contributed by atoms with Crippen LogP contribution in [0.1, 0.15) is 10.4 Å². The van der Waals surface area contributed by atoms with Gasteiger partial charge in [0.1, 0.15) is 5.75 Å². The van der Waals surface area contributed by atoms with E-state index in [-0.39, 0.29) is 25.4 Å². The third-order valence-corrected chi connectivity index (χ3v) is 1.96. The summed E-state index contributed by atoms with van der Waals surface area (Å²) >= 11 is 0. The SMILES string of the molecule is O=C(Oc1ccccc1)c1ccccc1.[Zn]. The van der Waals surface area contributed by atoms with Gasteiger partial charge in [0.2, 0.25) is 0 Å². The van der Waals surface area contributed by atoms with Crippen LogP contribution in [0.5, 0.6) is 5.75 Å². The summed E-state index contributed by atoms with van der Waals surface area (Å²) in [5, 5.41) is 0. The molecule has 0 aromatic heterocycles. The largest absolute Gasteiger partial charge is 0.423 e. The quantitative estimate of drug-likeness (QED) is 0.473. The molecular formula is C13H10O2Zn. The van der Waals surface area contributed by atoms with E-state index < -0.39 is 0 Å². The van der Waals surface area contributed by atoms with Crippen LogP contribution in [-0.2, 0) is 19.5 Å². The Balaban J connectivity index is 0.00000128. The smallest absolute Gasteiger partial charge is 0.343 e. The molecular weight excluding hydrogens is 254 g/mol. The van der Waals surface area contributed by atoms with Crippen molar-refractivity contribution in [1.29, 1.82) is 0 Å². The van der Waals surface area contributed by atoms with Crippen LogP contribution in [0.3, 0.4) is 0 Å². The molecule has 0 bridgehead atoms. The van der Waals surface area contributed by atoms with Crippen molar-refractivity contribution < 1.29 is 29.0 Å². The van der Waals surface area contributed by atoms with E-state index in [2.05, 4.69) is 0 Å². The molecule has 16 heavy (non-hydrogen) atoms. The maximum atomic E-state index is 11.6. The molecule has 2 aromatic carbocycles. The Kier molecular flexibility index (Phi) is 4.87. The van der Waals surface area contributed by atoms with E-state index in [1.807, 2.05) is 36.4 Å². The standard InChI is InChI=1S/C13H10O2.Zn/c14-13(11-7-3-1-4-8-11)15-12-9-5-2-6-10-12;/h1-10H;. The first kappa shape index (κ1) is 12.6. The van der Waals surface area contributed by atoms with Gasteiger partial charge in [-0.15, -0.1) is 0 Å². The molecule has 0 N–H and O–H groups in total. The van der Waals surface area contributed by atoms with Gasteiger partial charge in [-0.1, -0.05) is 36.4 Å². The van der Waals surface area contributed by atoms with Crippen LogP contribution in [-0.4, -0.2) is 5.97 Å². The predicted molar refractivity (Wildman–Crippen MR) is 57.8 cm³/mol. The molecule has 0 saturated carbocycles. The molecule has 0 amide bonds. The molecule has 0 saturated heterocycles. The van der Waals surface area contributed by atoms with Crippen LogP contribution in [0.15, 0.2) is 60.7 Å². The van der Waals surface area contributed by atoms with Crippen molar-refractivity contribution >= 4 is 5.97 Å². The minimum Gasteiger partial charge on any atom is -0.423 e. The summed E-state index contributed by atoms with van der Waals surface area (Å²) in [6.45, 7) is 0. The van der Waals surface area contributed by atoms with Gasteiger partial charge in [-0.2, -0.15) is 0 Å². The number of esters is 1. The van der Waals surface area contributed by atoms with Crippen molar-refractivity contribution in [2.45, 2.75) is 0 Å². The van der Waals surface area contributed by atoms with Crippen LogP contribution < -0.4 is 4.74 Å². The summed E-state index contributed by atoms with van der Waals surface area (Å²) in [5.74, 6) is 0.230. The van der Waals surface area contributed by atoms with Gasteiger partial charge in [0, 0.05) is 19.5 Å². The Morgan fingerprint density at radius 3 is 1.88 bits per heavy atom. The Bertz CT molecular complexity index is 440. The van der Waals surface area contributed by atoms with E-state index in [1.54, 1.807) is 24.3 Å². The second kappa shape index (κ2) is 6.19. The van der Waals surface area contributed by atoms with E-state index in [0.29, 0.717) is 11.3 Å². The molecule has 0 aliphatic heterocycles. The third kappa shape index (κ3) is 3.28. The van der Waals surface area contributed by atoms with E-state index in [9.17, 15) is 4.79 Å². The molecule has 2 aromatic rings. The maximum Gasteiger partial charge on any atom is 0.343 e. The summed E-state index contributed by atoms with van der Waals surface area (Å²) in [7, 11) is 0. The number of carbonyl (C=O) groups excluding carboxylic acids is 1. The van der Waals surface area contributed by atoms with E-state index in [4.69, 9.17) is 4.74 Å². The third-order valence-electron chi connectivity index (χ3n) is 1.96. The summed E-state index contributed by atoms with van der Waals surface area (Å²) in [5.41, 5.74) is 0.557. The number of rotatable bonds is 2. The number of ether oxygens (including phenoxy) is 1. The Morgan fingerprint density at radius 1 is 0.812 bits per heavy atom. The summed E-state index contributed by atoms with van der Waals surface area (Å²) in [4.78, 5) is 11.6. The zero-order chi connectivity index (χ0) is 10.5. The van der Waals surface area contributed by atoms with E-state index >= 15 is 0 Å². The van der Waals surface area contributed by atoms with Gasteiger partial charge in [-0.05, 0) is 24.3 Å². The fraction of sp³-hybridized carbons (Fsp3) is 0. The van der Waals surface area contributed by atoms with Crippen molar-refractivity contribution in [3.8, 4) is 5.75 Å². The predicted octanol–water partition coefficient (Wildman–Crippen LogP) is 2.90. The van der Waals surface area contributed by atoms with Gasteiger partial charge in [0.05, 0.1) is 5.56 Å². The summed E-state index contributed by atoms with van der Waals surface area (Å²) in [6.07, 6.45) is 0. The molecule has 2 nitrogen and oxygen atoms in total. The average molecular weight is 264 g/mol. The van der Waals surface area contributed by atoms with E-state index in [0.717, 1.165) is 0 Å². The van der Waals surface area contributed by atoms with E-state index in [1.165, 1.54) is 0 Å². The van der Waals surface area contributed by atoms with Gasteiger partial charge < -0.3 is 4.74 Å². The molecule has 0 aliphatic rings. The van der Waals surface area contributed by atoms with Gasteiger partial charge >= 0.3 is 5.97 Å². The second-order valence-electron chi connectivity index (χ2n) is 3.07. The Labute approximate surface area is 107 Å². The van der Waals surface area contributed by atoms with Crippen LogP contribution in [0, 0.1) is 0 Å². The minimum absolute atomic E-state index is 0. The molecule has 0 aliphatic carbocycles. The normalized spacial score (nSPS) is 9.00. The topological polar surface area (TPSA) is 26.3 Å². The van der Waals surface area contributed by atoms with Gasteiger partial charge in [-0.3, -0.25) is 0 Å². The molecule has 0 heterocycles. The number of hydrogen-bond acceptors (Lipinski definition) is 2. The monoisotopic (exact) mass is 262 g/mol. The first-order chi connectivity index (χ1) is 7.36. The fourth-order valence-electron chi connectivity index (χ4n) is 1.23. The number of carbonyl (C=O) groups is 1. The molecule has 0 radical (unpaired) electrons. The number of para-hydroxylation sites is 1. The van der Waals surface area contributed by atoms with Crippen LogP contribution >= 0.6 is 0 Å². The fourth-order valence-corrected chi connectivity index (χ4v) is 1.23. The minimum atomic E-state index is -0.332. The van der Waals surface area contributed by atoms with Crippen molar-refractivity contribution in [3.05, 3.63) is 66.2 Å². The molecule has 0 fully saturated rings. The second-order valence-corrected chi connectivity index (χ2v) is 3.07. The first-order valence-corrected chi connectivity index (χ1v) is 4.68. The van der Waals surface area contributed by atoms with Crippen molar-refractivity contribution in [1.82, 2.24) is 0 Å². The van der Waals surface area contributed by atoms with Crippen LogP contribution in [0.2, 0.25) is 0 Å². The van der Waals surface area contributed by atoms with Gasteiger partial charge in [-0.25, -0.2) is 4.79 Å². The summed E-state index contributed by atoms with van der Waals surface area (Å²) < 4.78 is 5.16. The first-order valence-electron chi connectivity index (χ1n) is 4.68. The number of benzene rings is 2. The van der Waals surface area contributed by atoms with Crippen molar-refractivity contribution in [3.63, 3.8) is 0 Å². The molecule has 0 spiro atoms. The van der Waals surface area contributed by atoms with Crippen LogP contribution in [0.4, 0.5) is 0 Å². The molecule has 3 heteroatoms. The Morgan fingerprint density at radius 2 is 1.31 bits per heavy atom.